The molecule has 2 heterocycles. The second kappa shape index (κ2) is 9.33. The number of ether oxygens (including phenoxy) is 2. The van der Waals surface area contributed by atoms with Crippen molar-refractivity contribution in [3.8, 4) is 0 Å². The number of Topliss-reactive ketones (excluding diaryl/α,β-unsaturated/α-hetero) is 1. The third-order valence-corrected chi connectivity index (χ3v) is 7.28. The molecule has 168 valence electrons. The summed E-state index contributed by atoms with van der Waals surface area (Å²) >= 11 is 0. The van der Waals surface area contributed by atoms with Crippen molar-refractivity contribution in [2.24, 2.45) is 0 Å². The molecule has 0 N–H and O–H groups in total. The molecule has 31 heavy (non-hydrogen) atoms. The lowest BCUT2D eigenvalue weighted by atomic mass is 10.1. The highest BCUT2D eigenvalue weighted by Crippen LogP contribution is 2.21. The number of carbonyl (C=O) groups excluding carboxylic acids is 2. The van der Waals surface area contributed by atoms with E-state index in [1.165, 1.54) is 38.4 Å². The van der Waals surface area contributed by atoms with Crippen LogP contribution in [0.3, 0.4) is 0 Å². The Bertz CT molecular complexity index is 1080. The minimum Gasteiger partial charge on any atom is -0.454 e. The molecule has 1 fully saturated rings. The van der Waals surface area contributed by atoms with Crippen LogP contribution in [0.1, 0.15) is 44.9 Å². The van der Waals surface area contributed by atoms with E-state index in [0.717, 1.165) is 35.1 Å². The van der Waals surface area contributed by atoms with Crippen molar-refractivity contribution in [1.29, 1.82) is 0 Å². The van der Waals surface area contributed by atoms with E-state index in [1.54, 1.807) is 6.07 Å². The minimum atomic E-state index is -3.68. The van der Waals surface area contributed by atoms with E-state index in [0.29, 0.717) is 12.1 Å². The average Bonchev–Trinajstić information content (AvgIpc) is 3.35. The molecule has 0 spiro atoms. The van der Waals surface area contributed by atoms with Crippen molar-refractivity contribution >= 4 is 21.8 Å². The molecule has 1 saturated heterocycles. The van der Waals surface area contributed by atoms with Gasteiger partial charge in [0, 0.05) is 44.2 Å². The van der Waals surface area contributed by atoms with Gasteiger partial charge in [0.1, 0.15) is 0 Å². The number of hydrogen-bond donors (Lipinski definition) is 0. The quantitative estimate of drug-likeness (QED) is 0.455. The molecule has 8 nitrogen and oxygen atoms in total. The van der Waals surface area contributed by atoms with E-state index in [1.807, 2.05) is 13.8 Å². The highest BCUT2D eigenvalue weighted by Gasteiger charge is 2.23. The molecule has 1 atom stereocenters. The number of sulfonamides is 1. The molecule has 0 radical (unpaired) electrons. The van der Waals surface area contributed by atoms with Crippen LogP contribution in [0.25, 0.3) is 0 Å². The Morgan fingerprint density at radius 1 is 1.23 bits per heavy atom. The Labute approximate surface area is 182 Å². The van der Waals surface area contributed by atoms with E-state index in [-0.39, 0.29) is 22.3 Å². The van der Waals surface area contributed by atoms with Crippen molar-refractivity contribution in [3.63, 3.8) is 0 Å². The monoisotopic (exact) mass is 448 g/mol. The summed E-state index contributed by atoms with van der Waals surface area (Å²) in [6.45, 7) is 4.84. The van der Waals surface area contributed by atoms with Crippen LogP contribution in [-0.4, -0.2) is 62.5 Å². The Morgan fingerprint density at radius 2 is 1.97 bits per heavy atom. The number of rotatable bonds is 8. The van der Waals surface area contributed by atoms with Crippen LogP contribution in [-0.2, 0) is 26.0 Å². The van der Waals surface area contributed by atoms with E-state index in [4.69, 9.17) is 9.47 Å². The van der Waals surface area contributed by atoms with Crippen LogP contribution in [0.4, 0.5) is 0 Å². The maximum Gasteiger partial charge on any atom is 0.338 e. The SMILES string of the molecule is Cc1cc(C(=O)COC(=O)c2cccc(S(=O)(=O)N(C)C)c2)c(C)n1C[C@H]1CCCO1. The number of aryl methyl sites for hydroxylation is 1. The summed E-state index contributed by atoms with van der Waals surface area (Å²) in [6, 6.07) is 7.36. The summed E-state index contributed by atoms with van der Waals surface area (Å²) in [7, 11) is -0.857. The van der Waals surface area contributed by atoms with E-state index >= 15 is 0 Å². The van der Waals surface area contributed by atoms with E-state index < -0.39 is 22.6 Å². The molecule has 1 aliphatic heterocycles. The zero-order valence-electron chi connectivity index (χ0n) is 18.3. The number of benzene rings is 1. The van der Waals surface area contributed by atoms with Gasteiger partial charge in [0.25, 0.3) is 0 Å². The fourth-order valence-electron chi connectivity index (χ4n) is 3.64. The standard InChI is InChI=1S/C22H28N2O6S/c1-15-11-20(16(2)24(15)13-18-8-6-10-29-18)21(25)14-30-22(26)17-7-5-9-19(12-17)31(27,28)23(3)4/h5,7,9,11-12,18H,6,8,10,13-14H2,1-4H3/t18-/m1/s1. The molecule has 1 aromatic carbocycles. The predicted octanol–water partition coefficient (Wildman–Crippen LogP) is 2.57. The Morgan fingerprint density at radius 3 is 2.61 bits per heavy atom. The van der Waals surface area contributed by atoms with Gasteiger partial charge in [-0.3, -0.25) is 4.79 Å². The molecule has 0 bridgehead atoms. The predicted molar refractivity (Wildman–Crippen MR) is 115 cm³/mol. The largest absolute Gasteiger partial charge is 0.454 e. The summed E-state index contributed by atoms with van der Waals surface area (Å²) in [5, 5.41) is 0. The van der Waals surface area contributed by atoms with Gasteiger partial charge in [0.15, 0.2) is 6.61 Å². The van der Waals surface area contributed by atoms with Gasteiger partial charge < -0.3 is 14.0 Å². The van der Waals surface area contributed by atoms with Crippen LogP contribution in [0.2, 0.25) is 0 Å². The van der Waals surface area contributed by atoms with Crippen LogP contribution in [0, 0.1) is 13.8 Å². The molecule has 2 aromatic rings. The minimum absolute atomic E-state index is 0.0176. The average molecular weight is 449 g/mol. The first-order chi connectivity index (χ1) is 14.6. The Balaban J connectivity index is 1.68. The Kier molecular flexibility index (Phi) is 6.98. The molecule has 1 aromatic heterocycles. The smallest absolute Gasteiger partial charge is 0.338 e. The number of carbonyl (C=O) groups is 2. The number of nitrogens with zero attached hydrogens (tertiary/aromatic N) is 2. The second-order valence-electron chi connectivity index (χ2n) is 7.85. The highest BCUT2D eigenvalue weighted by atomic mass is 32.2. The first-order valence-electron chi connectivity index (χ1n) is 10.1. The zero-order valence-corrected chi connectivity index (χ0v) is 19.1. The van der Waals surface area contributed by atoms with Gasteiger partial charge in [-0.25, -0.2) is 17.5 Å². The van der Waals surface area contributed by atoms with Crippen molar-refractivity contribution in [2.75, 3.05) is 27.3 Å². The summed E-state index contributed by atoms with van der Waals surface area (Å²) in [6.07, 6.45) is 2.19. The lowest BCUT2D eigenvalue weighted by Crippen LogP contribution is -2.22. The van der Waals surface area contributed by atoms with Crippen LogP contribution >= 0.6 is 0 Å². The number of aromatic nitrogens is 1. The highest BCUT2D eigenvalue weighted by molar-refractivity contribution is 7.89. The summed E-state index contributed by atoms with van der Waals surface area (Å²) < 4.78 is 38.5. The third kappa shape index (κ3) is 5.06. The molecule has 9 heteroatoms. The molecule has 3 rings (SSSR count). The van der Waals surface area contributed by atoms with Gasteiger partial charge in [-0.1, -0.05) is 6.07 Å². The fourth-order valence-corrected chi connectivity index (χ4v) is 4.59. The summed E-state index contributed by atoms with van der Waals surface area (Å²) in [5.74, 6) is -1.06. The van der Waals surface area contributed by atoms with Gasteiger partial charge in [-0.2, -0.15) is 0 Å². The van der Waals surface area contributed by atoms with Crippen molar-refractivity contribution in [2.45, 2.75) is 44.2 Å². The topological polar surface area (TPSA) is 94.9 Å². The van der Waals surface area contributed by atoms with E-state index in [2.05, 4.69) is 4.57 Å². The first-order valence-corrected chi connectivity index (χ1v) is 11.6. The second-order valence-corrected chi connectivity index (χ2v) is 10.00. The van der Waals surface area contributed by atoms with Crippen LogP contribution in [0.5, 0.6) is 0 Å². The molecule has 0 aliphatic carbocycles. The molecular formula is C22H28N2O6S. The third-order valence-electron chi connectivity index (χ3n) is 5.47. The lowest BCUT2D eigenvalue weighted by Gasteiger charge is -2.14. The maximum absolute atomic E-state index is 12.7. The van der Waals surface area contributed by atoms with Gasteiger partial charge >= 0.3 is 5.97 Å². The first kappa shape index (κ1) is 23.2. The normalized spacial score (nSPS) is 16.6. The lowest BCUT2D eigenvalue weighted by molar-refractivity contribution is 0.0474. The molecule has 0 amide bonds. The molecule has 0 unspecified atom stereocenters. The van der Waals surface area contributed by atoms with Gasteiger partial charge in [0.05, 0.1) is 16.6 Å². The summed E-state index contributed by atoms with van der Waals surface area (Å²) in [4.78, 5) is 25.1. The van der Waals surface area contributed by atoms with Crippen molar-refractivity contribution in [3.05, 3.63) is 52.8 Å². The van der Waals surface area contributed by atoms with Gasteiger partial charge in [0.2, 0.25) is 15.8 Å². The van der Waals surface area contributed by atoms with Gasteiger partial charge in [-0.05, 0) is 51.0 Å². The van der Waals surface area contributed by atoms with Crippen LogP contribution < -0.4 is 0 Å². The summed E-state index contributed by atoms with van der Waals surface area (Å²) in [5.41, 5.74) is 2.34. The molecular weight excluding hydrogens is 420 g/mol. The number of hydrogen-bond acceptors (Lipinski definition) is 6. The Hall–Kier alpha value is -2.49. The van der Waals surface area contributed by atoms with Crippen LogP contribution in [0.15, 0.2) is 35.2 Å². The number of esters is 1. The van der Waals surface area contributed by atoms with Gasteiger partial charge in [-0.15, -0.1) is 0 Å². The van der Waals surface area contributed by atoms with Crippen molar-refractivity contribution in [1.82, 2.24) is 8.87 Å². The number of ketones is 1. The fraction of sp³-hybridized carbons (Fsp3) is 0.455. The zero-order chi connectivity index (χ0) is 22.8. The molecule has 1 aliphatic rings. The van der Waals surface area contributed by atoms with E-state index in [9.17, 15) is 18.0 Å². The maximum atomic E-state index is 12.7. The molecule has 0 saturated carbocycles. The van der Waals surface area contributed by atoms with Crippen molar-refractivity contribution < 1.29 is 27.5 Å².